The number of hydrogen-bond donors (Lipinski definition) is 1. The highest BCUT2D eigenvalue weighted by molar-refractivity contribution is 5.50. The second kappa shape index (κ2) is 8.02. The molecule has 2 aliphatic heterocycles. The van der Waals surface area contributed by atoms with Gasteiger partial charge in [-0.3, -0.25) is 0 Å². The van der Waals surface area contributed by atoms with E-state index in [2.05, 4.69) is 41.0 Å². The summed E-state index contributed by atoms with van der Waals surface area (Å²) < 4.78 is 5.90. The molecule has 1 aromatic rings. The topological polar surface area (TPSA) is 41.7 Å². The van der Waals surface area contributed by atoms with Gasteiger partial charge in [0.2, 0.25) is 0 Å². The zero-order valence-corrected chi connectivity index (χ0v) is 14.4. The standard InChI is InChI=1S/C19H31N3O/c1-16-5-2-11-21(16)12-4-14-23-19-9-7-17(8-10-19)22-13-3-6-18(22)15-20/h7-10,16,18H,2-6,11-15,20H2,1H3/t16?,18-/m0/s1. The van der Waals surface area contributed by atoms with E-state index in [1.807, 2.05) is 0 Å². The van der Waals surface area contributed by atoms with E-state index in [0.29, 0.717) is 6.04 Å². The van der Waals surface area contributed by atoms with E-state index < -0.39 is 0 Å². The highest BCUT2D eigenvalue weighted by Crippen LogP contribution is 2.27. The Morgan fingerprint density at radius 2 is 1.91 bits per heavy atom. The molecule has 0 aromatic heterocycles. The summed E-state index contributed by atoms with van der Waals surface area (Å²) in [7, 11) is 0. The third kappa shape index (κ3) is 4.18. The lowest BCUT2D eigenvalue weighted by Gasteiger charge is -2.25. The van der Waals surface area contributed by atoms with Crippen LogP contribution in [0.5, 0.6) is 5.75 Å². The molecule has 128 valence electrons. The maximum absolute atomic E-state index is 5.90. The fourth-order valence-corrected chi connectivity index (χ4v) is 3.94. The van der Waals surface area contributed by atoms with Crippen LogP contribution in [0.4, 0.5) is 5.69 Å². The average molecular weight is 317 g/mol. The lowest BCUT2D eigenvalue weighted by atomic mass is 10.2. The van der Waals surface area contributed by atoms with Crippen LogP contribution in [-0.4, -0.2) is 49.8 Å². The Morgan fingerprint density at radius 1 is 1.13 bits per heavy atom. The monoisotopic (exact) mass is 317 g/mol. The van der Waals surface area contributed by atoms with Crippen LogP contribution in [0.1, 0.15) is 39.0 Å². The van der Waals surface area contributed by atoms with Gasteiger partial charge in [-0.05, 0) is 69.8 Å². The Bertz CT molecular complexity index is 476. The summed E-state index contributed by atoms with van der Waals surface area (Å²) in [6.45, 7) is 7.42. The minimum Gasteiger partial charge on any atom is -0.494 e. The Hall–Kier alpha value is -1.26. The maximum Gasteiger partial charge on any atom is 0.119 e. The Morgan fingerprint density at radius 3 is 2.61 bits per heavy atom. The van der Waals surface area contributed by atoms with Crippen molar-refractivity contribution >= 4 is 5.69 Å². The van der Waals surface area contributed by atoms with E-state index in [4.69, 9.17) is 10.5 Å². The van der Waals surface area contributed by atoms with E-state index in [1.165, 1.54) is 37.9 Å². The molecule has 1 unspecified atom stereocenters. The molecule has 0 bridgehead atoms. The van der Waals surface area contributed by atoms with Crippen molar-refractivity contribution in [2.75, 3.05) is 37.7 Å². The van der Waals surface area contributed by atoms with Gasteiger partial charge in [0.15, 0.2) is 0 Å². The quantitative estimate of drug-likeness (QED) is 0.785. The van der Waals surface area contributed by atoms with Crippen molar-refractivity contribution < 1.29 is 4.74 Å². The van der Waals surface area contributed by atoms with Crippen LogP contribution >= 0.6 is 0 Å². The molecule has 4 heteroatoms. The van der Waals surface area contributed by atoms with Gasteiger partial charge in [0.05, 0.1) is 6.61 Å². The number of nitrogens with two attached hydrogens (primary N) is 1. The van der Waals surface area contributed by atoms with Gasteiger partial charge in [-0.2, -0.15) is 0 Å². The summed E-state index contributed by atoms with van der Waals surface area (Å²) in [5.41, 5.74) is 7.14. The van der Waals surface area contributed by atoms with E-state index in [9.17, 15) is 0 Å². The molecule has 0 radical (unpaired) electrons. The first-order valence-corrected chi connectivity index (χ1v) is 9.21. The second-order valence-corrected chi connectivity index (χ2v) is 6.95. The molecule has 2 aliphatic rings. The molecule has 0 saturated carbocycles. The van der Waals surface area contributed by atoms with E-state index >= 15 is 0 Å². The SMILES string of the molecule is CC1CCCN1CCCOc1ccc(N2CCC[C@H]2CN)cc1. The average Bonchev–Trinajstić information content (AvgIpc) is 3.21. The van der Waals surface area contributed by atoms with Crippen molar-refractivity contribution in [3.63, 3.8) is 0 Å². The molecule has 2 atom stereocenters. The summed E-state index contributed by atoms with van der Waals surface area (Å²) >= 11 is 0. The molecule has 2 saturated heterocycles. The van der Waals surface area contributed by atoms with E-state index in [0.717, 1.165) is 44.5 Å². The predicted molar refractivity (Wildman–Crippen MR) is 96.2 cm³/mol. The van der Waals surface area contributed by atoms with Gasteiger partial charge < -0.3 is 20.3 Å². The van der Waals surface area contributed by atoms with Gasteiger partial charge in [-0.15, -0.1) is 0 Å². The number of hydrogen-bond acceptors (Lipinski definition) is 4. The van der Waals surface area contributed by atoms with Gasteiger partial charge in [-0.1, -0.05) is 0 Å². The van der Waals surface area contributed by atoms with Crippen LogP contribution in [0.3, 0.4) is 0 Å². The third-order valence-corrected chi connectivity index (χ3v) is 5.37. The Labute approximate surface area is 140 Å². The molecule has 2 fully saturated rings. The molecule has 0 amide bonds. The lowest BCUT2D eigenvalue weighted by molar-refractivity contribution is 0.230. The zero-order chi connectivity index (χ0) is 16.1. The molecule has 3 rings (SSSR count). The number of benzene rings is 1. The first-order valence-electron chi connectivity index (χ1n) is 9.21. The number of anilines is 1. The first-order chi connectivity index (χ1) is 11.3. The minimum atomic E-state index is 0.504. The van der Waals surface area contributed by atoms with Crippen LogP contribution in [0.15, 0.2) is 24.3 Å². The Kier molecular flexibility index (Phi) is 5.79. The zero-order valence-electron chi connectivity index (χ0n) is 14.4. The van der Waals surface area contributed by atoms with Gasteiger partial charge >= 0.3 is 0 Å². The van der Waals surface area contributed by atoms with Crippen molar-refractivity contribution in [1.82, 2.24) is 4.90 Å². The molecule has 0 aliphatic carbocycles. The summed E-state index contributed by atoms with van der Waals surface area (Å²) in [5, 5.41) is 0. The van der Waals surface area contributed by atoms with E-state index in [1.54, 1.807) is 0 Å². The highest BCUT2D eigenvalue weighted by Gasteiger charge is 2.23. The normalized spacial score (nSPS) is 25.2. The van der Waals surface area contributed by atoms with Crippen molar-refractivity contribution in [3.05, 3.63) is 24.3 Å². The number of likely N-dealkylation sites (tertiary alicyclic amines) is 1. The number of ether oxygens (including phenoxy) is 1. The Balaban J connectivity index is 1.42. The summed E-state index contributed by atoms with van der Waals surface area (Å²) in [6, 6.07) is 9.80. The molecule has 1 aromatic carbocycles. The van der Waals surface area contributed by atoms with Crippen molar-refractivity contribution in [1.29, 1.82) is 0 Å². The van der Waals surface area contributed by atoms with Crippen molar-refractivity contribution in [3.8, 4) is 5.75 Å². The fourth-order valence-electron chi connectivity index (χ4n) is 3.94. The van der Waals surface area contributed by atoms with Crippen LogP contribution in [0.2, 0.25) is 0 Å². The molecular weight excluding hydrogens is 286 g/mol. The molecule has 4 nitrogen and oxygen atoms in total. The van der Waals surface area contributed by atoms with E-state index in [-0.39, 0.29) is 0 Å². The molecular formula is C19H31N3O. The van der Waals surface area contributed by atoms with Crippen LogP contribution < -0.4 is 15.4 Å². The second-order valence-electron chi connectivity index (χ2n) is 6.95. The largest absolute Gasteiger partial charge is 0.494 e. The third-order valence-electron chi connectivity index (χ3n) is 5.37. The number of rotatable bonds is 7. The van der Waals surface area contributed by atoms with Crippen LogP contribution in [0.25, 0.3) is 0 Å². The van der Waals surface area contributed by atoms with Crippen LogP contribution in [-0.2, 0) is 0 Å². The van der Waals surface area contributed by atoms with Crippen LogP contribution in [0, 0.1) is 0 Å². The summed E-state index contributed by atoms with van der Waals surface area (Å²) in [5.74, 6) is 0.978. The number of nitrogens with zero attached hydrogens (tertiary/aromatic N) is 2. The smallest absolute Gasteiger partial charge is 0.119 e. The molecule has 23 heavy (non-hydrogen) atoms. The predicted octanol–water partition coefficient (Wildman–Crippen LogP) is 2.87. The maximum atomic E-state index is 5.90. The minimum absolute atomic E-state index is 0.504. The van der Waals surface area contributed by atoms with Crippen molar-refractivity contribution in [2.24, 2.45) is 5.73 Å². The first kappa shape index (κ1) is 16.6. The van der Waals surface area contributed by atoms with Gasteiger partial charge in [0.1, 0.15) is 5.75 Å². The van der Waals surface area contributed by atoms with Gasteiger partial charge in [-0.25, -0.2) is 0 Å². The summed E-state index contributed by atoms with van der Waals surface area (Å²) in [4.78, 5) is 5.01. The van der Waals surface area contributed by atoms with Crippen molar-refractivity contribution in [2.45, 2.75) is 51.1 Å². The van der Waals surface area contributed by atoms with Gasteiger partial charge in [0, 0.05) is 37.4 Å². The highest BCUT2D eigenvalue weighted by atomic mass is 16.5. The molecule has 2 N–H and O–H groups in total. The summed E-state index contributed by atoms with van der Waals surface area (Å²) in [6.07, 6.45) is 6.26. The molecule has 0 spiro atoms. The fraction of sp³-hybridized carbons (Fsp3) is 0.684. The lowest BCUT2D eigenvalue weighted by Crippen LogP contribution is -2.35. The van der Waals surface area contributed by atoms with Gasteiger partial charge in [0.25, 0.3) is 0 Å². The molecule has 2 heterocycles.